The highest BCUT2D eigenvalue weighted by Gasteiger charge is 2.22. The molecule has 1 aromatic rings. The first-order valence-corrected chi connectivity index (χ1v) is 6.22. The highest BCUT2D eigenvalue weighted by Crippen LogP contribution is 2.27. The zero-order chi connectivity index (χ0) is 12.3. The van der Waals surface area contributed by atoms with Gasteiger partial charge in [-0.15, -0.1) is 0 Å². The van der Waals surface area contributed by atoms with E-state index in [2.05, 4.69) is 42.8 Å². The summed E-state index contributed by atoms with van der Waals surface area (Å²) in [6.45, 7) is 6.46. The third-order valence-electron chi connectivity index (χ3n) is 2.79. The van der Waals surface area contributed by atoms with Gasteiger partial charge in [-0.05, 0) is 35.6 Å². The minimum atomic E-state index is 0.104. The molecule has 0 saturated heterocycles. The predicted molar refractivity (Wildman–Crippen MR) is 71.8 cm³/mol. The minimum absolute atomic E-state index is 0.104. The SMILES string of the molecule is COc1ccc(Br)cc1CC(N)C(C)(C)C. The van der Waals surface area contributed by atoms with Crippen LogP contribution in [0.5, 0.6) is 5.75 Å². The van der Waals surface area contributed by atoms with E-state index in [0.717, 1.165) is 22.2 Å². The zero-order valence-electron chi connectivity index (χ0n) is 10.4. The lowest BCUT2D eigenvalue weighted by Crippen LogP contribution is -2.36. The molecule has 0 aromatic heterocycles. The molecular formula is C13H20BrNO. The van der Waals surface area contributed by atoms with E-state index in [1.54, 1.807) is 7.11 Å². The molecule has 0 aliphatic heterocycles. The fraction of sp³-hybridized carbons (Fsp3) is 0.538. The zero-order valence-corrected chi connectivity index (χ0v) is 12.0. The smallest absolute Gasteiger partial charge is 0.122 e. The van der Waals surface area contributed by atoms with Crippen molar-refractivity contribution in [3.05, 3.63) is 28.2 Å². The maximum Gasteiger partial charge on any atom is 0.122 e. The van der Waals surface area contributed by atoms with Gasteiger partial charge in [0, 0.05) is 10.5 Å². The average molecular weight is 286 g/mol. The van der Waals surface area contributed by atoms with Crippen LogP contribution in [0, 0.1) is 5.41 Å². The second-order valence-corrected chi connectivity index (χ2v) is 6.05. The van der Waals surface area contributed by atoms with Crippen LogP contribution in [0.15, 0.2) is 22.7 Å². The van der Waals surface area contributed by atoms with Crippen LogP contribution in [-0.4, -0.2) is 13.2 Å². The highest BCUT2D eigenvalue weighted by atomic mass is 79.9. The number of benzene rings is 1. The molecule has 0 bridgehead atoms. The summed E-state index contributed by atoms with van der Waals surface area (Å²) < 4.78 is 6.40. The Morgan fingerprint density at radius 3 is 2.50 bits per heavy atom. The summed E-state index contributed by atoms with van der Waals surface area (Å²) in [5, 5.41) is 0. The van der Waals surface area contributed by atoms with Crippen molar-refractivity contribution >= 4 is 15.9 Å². The Hall–Kier alpha value is -0.540. The molecule has 0 spiro atoms. The Balaban J connectivity index is 2.91. The Morgan fingerprint density at radius 1 is 1.38 bits per heavy atom. The normalized spacial score (nSPS) is 13.6. The number of ether oxygens (including phenoxy) is 1. The van der Waals surface area contributed by atoms with E-state index in [4.69, 9.17) is 10.5 Å². The molecule has 0 fully saturated rings. The van der Waals surface area contributed by atoms with Crippen LogP contribution in [0.25, 0.3) is 0 Å². The van der Waals surface area contributed by atoms with Crippen LogP contribution in [0.3, 0.4) is 0 Å². The summed E-state index contributed by atoms with van der Waals surface area (Å²) in [5.74, 6) is 0.905. The summed E-state index contributed by atoms with van der Waals surface area (Å²) in [4.78, 5) is 0. The molecule has 1 rings (SSSR count). The van der Waals surface area contributed by atoms with E-state index in [9.17, 15) is 0 Å². The molecule has 2 N–H and O–H groups in total. The van der Waals surface area contributed by atoms with Crippen LogP contribution < -0.4 is 10.5 Å². The van der Waals surface area contributed by atoms with Gasteiger partial charge in [0.15, 0.2) is 0 Å². The van der Waals surface area contributed by atoms with Crippen molar-refractivity contribution in [2.24, 2.45) is 11.1 Å². The van der Waals surface area contributed by atoms with Gasteiger partial charge in [0.25, 0.3) is 0 Å². The van der Waals surface area contributed by atoms with E-state index < -0.39 is 0 Å². The maximum atomic E-state index is 6.19. The molecule has 16 heavy (non-hydrogen) atoms. The van der Waals surface area contributed by atoms with Gasteiger partial charge in [-0.25, -0.2) is 0 Å². The molecule has 1 unspecified atom stereocenters. The largest absolute Gasteiger partial charge is 0.496 e. The second kappa shape index (κ2) is 5.19. The molecule has 1 atom stereocenters. The molecule has 3 heteroatoms. The Labute approximate surface area is 106 Å². The van der Waals surface area contributed by atoms with Gasteiger partial charge < -0.3 is 10.5 Å². The molecule has 1 aromatic carbocycles. The molecule has 90 valence electrons. The number of hydrogen-bond acceptors (Lipinski definition) is 2. The van der Waals surface area contributed by atoms with Crippen LogP contribution in [0.1, 0.15) is 26.3 Å². The first-order chi connectivity index (χ1) is 7.34. The molecule has 0 amide bonds. The lowest BCUT2D eigenvalue weighted by atomic mass is 9.83. The van der Waals surface area contributed by atoms with Crippen LogP contribution in [-0.2, 0) is 6.42 Å². The van der Waals surface area contributed by atoms with Crippen molar-refractivity contribution < 1.29 is 4.74 Å². The molecule has 0 heterocycles. The fourth-order valence-electron chi connectivity index (χ4n) is 1.45. The van der Waals surface area contributed by atoms with E-state index in [1.807, 2.05) is 12.1 Å². The summed E-state index contributed by atoms with van der Waals surface area (Å²) in [6.07, 6.45) is 0.826. The second-order valence-electron chi connectivity index (χ2n) is 5.13. The number of halogens is 1. The average Bonchev–Trinajstić information content (AvgIpc) is 2.16. The lowest BCUT2D eigenvalue weighted by Gasteiger charge is -2.27. The van der Waals surface area contributed by atoms with Gasteiger partial charge in [0.1, 0.15) is 5.75 Å². The van der Waals surface area contributed by atoms with Crippen LogP contribution in [0.2, 0.25) is 0 Å². The molecule has 2 nitrogen and oxygen atoms in total. The quantitative estimate of drug-likeness (QED) is 0.924. The molecule has 0 aliphatic carbocycles. The summed E-state index contributed by atoms with van der Waals surface area (Å²) in [7, 11) is 1.69. The monoisotopic (exact) mass is 285 g/mol. The fourth-order valence-corrected chi connectivity index (χ4v) is 1.86. The van der Waals surface area contributed by atoms with Gasteiger partial charge in [-0.3, -0.25) is 0 Å². The number of methoxy groups -OCH3 is 1. The summed E-state index contributed by atoms with van der Waals surface area (Å²) in [5.41, 5.74) is 7.44. The minimum Gasteiger partial charge on any atom is -0.496 e. The van der Waals surface area contributed by atoms with Crippen molar-refractivity contribution in [3.8, 4) is 5.75 Å². The van der Waals surface area contributed by atoms with Gasteiger partial charge in [-0.1, -0.05) is 36.7 Å². The van der Waals surface area contributed by atoms with Gasteiger partial charge in [0.05, 0.1) is 7.11 Å². The number of rotatable bonds is 3. The summed E-state index contributed by atoms with van der Waals surface area (Å²) >= 11 is 3.47. The Bertz CT molecular complexity index is 357. The van der Waals surface area contributed by atoms with Crippen molar-refractivity contribution in [1.29, 1.82) is 0 Å². The standard InChI is InChI=1S/C13H20BrNO/c1-13(2,3)12(15)8-9-7-10(14)5-6-11(9)16-4/h5-7,12H,8,15H2,1-4H3. The van der Waals surface area contributed by atoms with Crippen molar-refractivity contribution in [1.82, 2.24) is 0 Å². The van der Waals surface area contributed by atoms with Gasteiger partial charge in [-0.2, -0.15) is 0 Å². The summed E-state index contributed by atoms with van der Waals surface area (Å²) in [6, 6.07) is 6.14. The third kappa shape index (κ3) is 3.49. The van der Waals surface area contributed by atoms with E-state index in [1.165, 1.54) is 0 Å². The first kappa shape index (κ1) is 13.5. The van der Waals surface area contributed by atoms with Crippen LogP contribution in [0.4, 0.5) is 0 Å². The molecular weight excluding hydrogens is 266 g/mol. The molecule has 0 aliphatic rings. The third-order valence-corrected chi connectivity index (χ3v) is 3.29. The van der Waals surface area contributed by atoms with Crippen molar-refractivity contribution in [2.45, 2.75) is 33.2 Å². The molecule has 0 radical (unpaired) electrons. The number of hydrogen-bond donors (Lipinski definition) is 1. The molecule has 0 saturated carbocycles. The lowest BCUT2D eigenvalue weighted by molar-refractivity contribution is 0.314. The van der Waals surface area contributed by atoms with Gasteiger partial charge >= 0.3 is 0 Å². The van der Waals surface area contributed by atoms with Crippen molar-refractivity contribution in [2.75, 3.05) is 7.11 Å². The number of nitrogens with two attached hydrogens (primary N) is 1. The topological polar surface area (TPSA) is 35.2 Å². The van der Waals surface area contributed by atoms with Gasteiger partial charge in [0.2, 0.25) is 0 Å². The van der Waals surface area contributed by atoms with E-state index in [0.29, 0.717) is 0 Å². The first-order valence-electron chi connectivity index (χ1n) is 5.42. The van der Waals surface area contributed by atoms with Crippen LogP contribution >= 0.6 is 15.9 Å². The highest BCUT2D eigenvalue weighted by molar-refractivity contribution is 9.10. The maximum absolute atomic E-state index is 6.19. The van der Waals surface area contributed by atoms with Crippen molar-refractivity contribution in [3.63, 3.8) is 0 Å². The predicted octanol–water partition coefficient (Wildman–Crippen LogP) is 3.37. The van der Waals surface area contributed by atoms with E-state index >= 15 is 0 Å². The Morgan fingerprint density at radius 2 is 2.00 bits per heavy atom. The van der Waals surface area contributed by atoms with E-state index in [-0.39, 0.29) is 11.5 Å². The Kier molecular flexibility index (Phi) is 4.39.